The van der Waals surface area contributed by atoms with Crippen LogP contribution in [0.4, 0.5) is 0 Å². The van der Waals surface area contributed by atoms with E-state index in [4.69, 9.17) is 5.11 Å². The summed E-state index contributed by atoms with van der Waals surface area (Å²) in [5.41, 5.74) is 1.37. The molecule has 0 bridgehead atoms. The monoisotopic (exact) mass is 207 g/mol. The minimum absolute atomic E-state index is 0.183. The molecule has 2 unspecified atom stereocenters. The van der Waals surface area contributed by atoms with Crippen molar-refractivity contribution in [3.8, 4) is 0 Å². The molecule has 0 aliphatic heterocycles. The molecular formula is C13H21NO. The Hall–Kier alpha value is -0.860. The molecule has 2 nitrogen and oxygen atoms in total. The van der Waals surface area contributed by atoms with Crippen LogP contribution >= 0.6 is 0 Å². The third kappa shape index (κ3) is 4.02. The Kier molecular flexibility index (Phi) is 5.37. The zero-order valence-corrected chi connectivity index (χ0v) is 9.61. The normalized spacial score (nSPS) is 14.9. The molecule has 1 aromatic rings. The van der Waals surface area contributed by atoms with Crippen molar-refractivity contribution in [3.05, 3.63) is 35.9 Å². The second-order valence-corrected chi connectivity index (χ2v) is 4.01. The summed E-state index contributed by atoms with van der Waals surface area (Å²) in [7, 11) is 0. The molecule has 15 heavy (non-hydrogen) atoms. The van der Waals surface area contributed by atoms with Crippen molar-refractivity contribution >= 4 is 0 Å². The van der Waals surface area contributed by atoms with Gasteiger partial charge in [0, 0.05) is 12.6 Å². The van der Waals surface area contributed by atoms with E-state index in [1.54, 1.807) is 0 Å². The Balaban J connectivity index is 2.50. The third-order valence-electron chi connectivity index (χ3n) is 2.75. The highest BCUT2D eigenvalue weighted by Gasteiger charge is 2.09. The van der Waals surface area contributed by atoms with Gasteiger partial charge in [0.25, 0.3) is 0 Å². The molecule has 0 saturated heterocycles. The van der Waals surface area contributed by atoms with E-state index in [0.717, 1.165) is 13.0 Å². The molecule has 0 aromatic heterocycles. The Bertz CT molecular complexity index is 260. The Morgan fingerprint density at radius 3 is 2.47 bits per heavy atom. The average molecular weight is 207 g/mol. The van der Waals surface area contributed by atoms with Gasteiger partial charge in [-0.25, -0.2) is 0 Å². The summed E-state index contributed by atoms with van der Waals surface area (Å²) in [6.07, 6.45) is 1.12. The minimum atomic E-state index is 0.183. The van der Waals surface area contributed by atoms with Gasteiger partial charge in [0.2, 0.25) is 0 Å². The number of rotatable bonds is 6. The Morgan fingerprint density at radius 2 is 1.93 bits per heavy atom. The second kappa shape index (κ2) is 6.59. The quantitative estimate of drug-likeness (QED) is 0.749. The van der Waals surface area contributed by atoms with Gasteiger partial charge in [-0.1, -0.05) is 37.3 Å². The highest BCUT2D eigenvalue weighted by atomic mass is 16.3. The van der Waals surface area contributed by atoms with Crippen LogP contribution in [0.25, 0.3) is 0 Å². The first kappa shape index (κ1) is 12.2. The first-order chi connectivity index (χ1) is 7.27. The fourth-order valence-corrected chi connectivity index (χ4v) is 1.63. The van der Waals surface area contributed by atoms with E-state index < -0.39 is 0 Å². The zero-order valence-electron chi connectivity index (χ0n) is 9.61. The van der Waals surface area contributed by atoms with E-state index in [1.807, 2.05) is 13.0 Å². The van der Waals surface area contributed by atoms with Crippen LogP contribution in [0.2, 0.25) is 0 Å². The fourth-order valence-electron chi connectivity index (χ4n) is 1.63. The van der Waals surface area contributed by atoms with Gasteiger partial charge in [-0.15, -0.1) is 0 Å². The van der Waals surface area contributed by atoms with Crippen molar-refractivity contribution in [1.82, 2.24) is 5.32 Å². The number of benzene rings is 1. The van der Waals surface area contributed by atoms with Gasteiger partial charge in [0.1, 0.15) is 0 Å². The molecule has 2 atom stereocenters. The number of hydrogen-bond acceptors (Lipinski definition) is 2. The topological polar surface area (TPSA) is 32.3 Å². The van der Waals surface area contributed by atoms with Gasteiger partial charge in [-0.05, 0) is 24.8 Å². The van der Waals surface area contributed by atoms with Crippen molar-refractivity contribution in [3.63, 3.8) is 0 Å². The molecule has 0 amide bonds. The number of aliphatic hydroxyl groups excluding tert-OH is 1. The zero-order chi connectivity index (χ0) is 11.1. The van der Waals surface area contributed by atoms with Crippen LogP contribution in [0.3, 0.4) is 0 Å². The van der Waals surface area contributed by atoms with Crippen LogP contribution < -0.4 is 5.32 Å². The van der Waals surface area contributed by atoms with E-state index in [9.17, 15) is 0 Å². The van der Waals surface area contributed by atoms with Gasteiger partial charge in [0.05, 0.1) is 6.61 Å². The van der Waals surface area contributed by atoms with Gasteiger partial charge in [-0.2, -0.15) is 0 Å². The summed E-state index contributed by atoms with van der Waals surface area (Å²) in [5, 5.41) is 12.3. The summed E-state index contributed by atoms with van der Waals surface area (Å²) < 4.78 is 0. The standard InChI is InChI=1S/C13H21NO/c1-3-12(9-14-11(2)10-15)13-7-5-4-6-8-13/h4-8,11-12,14-15H,3,9-10H2,1-2H3. The van der Waals surface area contributed by atoms with E-state index >= 15 is 0 Å². The molecule has 2 heteroatoms. The van der Waals surface area contributed by atoms with E-state index in [0.29, 0.717) is 5.92 Å². The van der Waals surface area contributed by atoms with Crippen molar-refractivity contribution < 1.29 is 5.11 Å². The highest BCUT2D eigenvalue weighted by molar-refractivity contribution is 5.19. The summed E-state index contributed by atoms with van der Waals surface area (Å²) in [6, 6.07) is 10.7. The molecular weight excluding hydrogens is 186 g/mol. The van der Waals surface area contributed by atoms with Gasteiger partial charge in [0.15, 0.2) is 0 Å². The molecule has 0 fully saturated rings. The van der Waals surface area contributed by atoms with Crippen molar-refractivity contribution in [2.45, 2.75) is 32.2 Å². The molecule has 0 spiro atoms. The summed E-state index contributed by atoms with van der Waals surface area (Å²) in [6.45, 7) is 5.33. The van der Waals surface area contributed by atoms with Crippen LogP contribution in [0, 0.1) is 0 Å². The molecule has 1 aromatic carbocycles. The van der Waals surface area contributed by atoms with Gasteiger partial charge >= 0.3 is 0 Å². The molecule has 1 rings (SSSR count). The summed E-state index contributed by atoms with van der Waals surface area (Å²) >= 11 is 0. The lowest BCUT2D eigenvalue weighted by Crippen LogP contribution is -2.32. The molecule has 0 aliphatic carbocycles. The number of hydrogen-bond donors (Lipinski definition) is 2. The minimum Gasteiger partial charge on any atom is -0.395 e. The van der Waals surface area contributed by atoms with Crippen molar-refractivity contribution in [1.29, 1.82) is 0 Å². The summed E-state index contributed by atoms with van der Waals surface area (Å²) in [4.78, 5) is 0. The summed E-state index contributed by atoms with van der Waals surface area (Å²) in [5.74, 6) is 0.542. The molecule has 0 saturated carbocycles. The van der Waals surface area contributed by atoms with Crippen LogP contribution in [-0.4, -0.2) is 24.3 Å². The van der Waals surface area contributed by atoms with Crippen LogP contribution in [-0.2, 0) is 0 Å². The van der Waals surface area contributed by atoms with Crippen LogP contribution in [0.1, 0.15) is 31.7 Å². The molecule has 0 radical (unpaired) electrons. The maximum atomic E-state index is 8.93. The lowest BCUT2D eigenvalue weighted by Gasteiger charge is -2.18. The molecule has 0 aliphatic rings. The maximum Gasteiger partial charge on any atom is 0.0581 e. The average Bonchev–Trinajstić information content (AvgIpc) is 2.31. The lowest BCUT2D eigenvalue weighted by atomic mass is 9.96. The van der Waals surface area contributed by atoms with Crippen LogP contribution in [0.5, 0.6) is 0 Å². The van der Waals surface area contributed by atoms with E-state index in [-0.39, 0.29) is 12.6 Å². The van der Waals surface area contributed by atoms with Gasteiger partial charge < -0.3 is 10.4 Å². The van der Waals surface area contributed by atoms with E-state index in [1.165, 1.54) is 5.56 Å². The maximum absolute atomic E-state index is 8.93. The smallest absolute Gasteiger partial charge is 0.0581 e. The lowest BCUT2D eigenvalue weighted by molar-refractivity contribution is 0.249. The first-order valence-electron chi connectivity index (χ1n) is 5.67. The predicted octanol–water partition coefficient (Wildman–Crippen LogP) is 2.15. The number of nitrogens with one attached hydrogen (secondary N) is 1. The van der Waals surface area contributed by atoms with Crippen molar-refractivity contribution in [2.75, 3.05) is 13.2 Å². The van der Waals surface area contributed by atoms with E-state index in [2.05, 4.69) is 36.5 Å². The molecule has 2 N–H and O–H groups in total. The first-order valence-corrected chi connectivity index (χ1v) is 5.67. The van der Waals surface area contributed by atoms with Crippen molar-refractivity contribution in [2.24, 2.45) is 0 Å². The fraction of sp³-hybridized carbons (Fsp3) is 0.538. The second-order valence-electron chi connectivity index (χ2n) is 4.01. The SMILES string of the molecule is CCC(CNC(C)CO)c1ccccc1. The van der Waals surface area contributed by atoms with Gasteiger partial charge in [-0.3, -0.25) is 0 Å². The number of aliphatic hydroxyl groups is 1. The molecule has 0 heterocycles. The predicted molar refractivity (Wildman–Crippen MR) is 64.0 cm³/mol. The largest absolute Gasteiger partial charge is 0.395 e. The Labute approximate surface area is 92.3 Å². The van der Waals surface area contributed by atoms with Crippen LogP contribution in [0.15, 0.2) is 30.3 Å². The highest BCUT2D eigenvalue weighted by Crippen LogP contribution is 2.17. The Morgan fingerprint density at radius 1 is 1.27 bits per heavy atom. The molecule has 84 valence electrons. The third-order valence-corrected chi connectivity index (χ3v) is 2.75.